The fourth-order valence-electron chi connectivity index (χ4n) is 4.05. The van der Waals surface area contributed by atoms with Crippen LogP contribution in [0.5, 0.6) is 0 Å². The van der Waals surface area contributed by atoms with Gasteiger partial charge >= 0.3 is 5.97 Å². The molecule has 0 saturated heterocycles. The Kier molecular flexibility index (Phi) is 7.04. The molecular weight excluding hydrogens is 549 g/mol. The third kappa shape index (κ3) is 4.82. The van der Waals surface area contributed by atoms with E-state index in [0.29, 0.717) is 16.1 Å². The van der Waals surface area contributed by atoms with Gasteiger partial charge in [-0.1, -0.05) is 77.3 Å². The SMILES string of the molecule is O=C(O[C@H](C(=O)c1ccccc1)c1ccc(Cl)cc1)c1ccc(N2C(=O)c3cc(Cl)c(Cl)cc3C2=O)cc1. The zero-order valence-corrected chi connectivity index (χ0v) is 21.6. The van der Waals surface area contributed by atoms with Gasteiger partial charge in [-0.05, 0) is 48.5 Å². The molecule has 38 heavy (non-hydrogen) atoms. The molecule has 9 heteroatoms. The van der Waals surface area contributed by atoms with Crippen molar-refractivity contribution in [2.24, 2.45) is 0 Å². The Morgan fingerprint density at radius 1 is 0.684 bits per heavy atom. The molecule has 1 heterocycles. The number of carbonyl (C=O) groups excluding carboxylic acids is 4. The quantitative estimate of drug-likeness (QED) is 0.140. The zero-order chi connectivity index (χ0) is 27.0. The zero-order valence-electron chi connectivity index (χ0n) is 19.4. The van der Waals surface area contributed by atoms with Crippen LogP contribution in [0.25, 0.3) is 0 Å². The minimum absolute atomic E-state index is 0.122. The average Bonchev–Trinajstić information content (AvgIpc) is 3.16. The average molecular weight is 565 g/mol. The Labute approximate surface area is 232 Å². The third-order valence-corrected chi connectivity index (χ3v) is 6.96. The van der Waals surface area contributed by atoms with Crippen LogP contribution in [-0.2, 0) is 4.74 Å². The van der Waals surface area contributed by atoms with Crippen LogP contribution in [0.4, 0.5) is 5.69 Å². The first-order chi connectivity index (χ1) is 18.2. The van der Waals surface area contributed by atoms with Gasteiger partial charge in [0.25, 0.3) is 11.8 Å². The predicted octanol–water partition coefficient (Wildman–Crippen LogP) is 7.23. The third-order valence-electron chi connectivity index (χ3n) is 5.98. The molecule has 6 nitrogen and oxygen atoms in total. The molecule has 4 aromatic carbocycles. The fourth-order valence-corrected chi connectivity index (χ4v) is 4.51. The second-order valence-corrected chi connectivity index (χ2v) is 9.62. The van der Waals surface area contributed by atoms with E-state index in [-0.39, 0.29) is 32.4 Å². The second kappa shape index (κ2) is 10.4. The number of hydrogen-bond acceptors (Lipinski definition) is 5. The number of esters is 1. The highest BCUT2D eigenvalue weighted by molar-refractivity contribution is 6.44. The van der Waals surface area contributed by atoms with Gasteiger partial charge in [-0.3, -0.25) is 14.4 Å². The Morgan fingerprint density at radius 3 is 1.79 bits per heavy atom. The van der Waals surface area contributed by atoms with Crippen LogP contribution in [0.15, 0.2) is 91.0 Å². The maximum Gasteiger partial charge on any atom is 0.339 e. The summed E-state index contributed by atoms with van der Waals surface area (Å²) in [6.45, 7) is 0. The van der Waals surface area contributed by atoms with Crippen molar-refractivity contribution in [3.8, 4) is 0 Å². The molecule has 4 aromatic rings. The molecule has 0 saturated carbocycles. The molecule has 0 aliphatic carbocycles. The van der Waals surface area contributed by atoms with Crippen LogP contribution >= 0.6 is 34.8 Å². The van der Waals surface area contributed by atoms with Gasteiger partial charge in [-0.2, -0.15) is 0 Å². The number of hydrogen-bond donors (Lipinski definition) is 0. The minimum atomic E-state index is -1.22. The van der Waals surface area contributed by atoms with Gasteiger partial charge in [0.2, 0.25) is 5.78 Å². The Balaban J connectivity index is 1.39. The molecule has 0 radical (unpaired) electrons. The molecule has 2 amide bonds. The van der Waals surface area contributed by atoms with Crippen molar-refractivity contribution < 1.29 is 23.9 Å². The van der Waals surface area contributed by atoms with Crippen molar-refractivity contribution >= 4 is 64.1 Å². The lowest BCUT2D eigenvalue weighted by molar-refractivity contribution is 0.0280. The number of carbonyl (C=O) groups is 4. The summed E-state index contributed by atoms with van der Waals surface area (Å²) in [6.07, 6.45) is -1.22. The number of ether oxygens (including phenoxy) is 1. The van der Waals surface area contributed by atoms with Crippen molar-refractivity contribution in [1.29, 1.82) is 0 Å². The normalized spacial score (nSPS) is 13.3. The van der Waals surface area contributed by atoms with Gasteiger partial charge < -0.3 is 4.74 Å². The molecule has 1 aliphatic rings. The van der Waals surface area contributed by atoms with E-state index < -0.39 is 29.7 Å². The van der Waals surface area contributed by atoms with E-state index in [0.717, 1.165) is 4.90 Å². The van der Waals surface area contributed by atoms with E-state index in [1.165, 1.54) is 36.4 Å². The van der Waals surface area contributed by atoms with Gasteiger partial charge in [0.05, 0.1) is 32.4 Å². The van der Waals surface area contributed by atoms with Crippen molar-refractivity contribution in [1.82, 2.24) is 0 Å². The standard InChI is InChI=1S/C29H16Cl3NO5/c30-19-10-6-17(7-11-19)26(25(34)16-4-2-1-3-5-16)38-29(37)18-8-12-20(13-9-18)33-27(35)21-14-23(31)24(32)15-22(21)28(33)36/h1-15,26H/t26-/m0/s1. The summed E-state index contributed by atoms with van der Waals surface area (Å²) in [7, 11) is 0. The summed E-state index contributed by atoms with van der Waals surface area (Å²) in [5, 5.41) is 0.790. The lowest BCUT2D eigenvalue weighted by Gasteiger charge is -2.18. The number of halogens is 3. The van der Waals surface area contributed by atoms with Crippen LogP contribution in [0.1, 0.15) is 53.1 Å². The number of fused-ring (bicyclic) bond motifs is 1. The van der Waals surface area contributed by atoms with Crippen LogP contribution in [-0.4, -0.2) is 23.6 Å². The topological polar surface area (TPSA) is 80.8 Å². The molecule has 1 atom stereocenters. The summed E-state index contributed by atoms with van der Waals surface area (Å²) in [5.74, 6) is -2.28. The second-order valence-electron chi connectivity index (χ2n) is 8.37. The largest absolute Gasteiger partial charge is 0.445 e. The van der Waals surface area contributed by atoms with Crippen LogP contribution in [0, 0.1) is 0 Å². The molecule has 0 fully saturated rings. The van der Waals surface area contributed by atoms with Gasteiger partial charge in [0.1, 0.15) is 0 Å². The molecule has 1 aliphatic heterocycles. The van der Waals surface area contributed by atoms with Crippen molar-refractivity contribution in [2.75, 3.05) is 4.90 Å². The van der Waals surface area contributed by atoms with Crippen LogP contribution in [0.3, 0.4) is 0 Å². The number of benzene rings is 4. The van der Waals surface area contributed by atoms with E-state index in [4.69, 9.17) is 39.5 Å². The number of Topliss-reactive ketones (excluding diaryl/α,β-unsaturated/α-hetero) is 1. The summed E-state index contributed by atoms with van der Waals surface area (Å²) in [4.78, 5) is 53.1. The molecule has 0 unspecified atom stereocenters. The first kappa shape index (κ1) is 25.7. The number of amides is 2. The smallest absolute Gasteiger partial charge is 0.339 e. The Bertz CT molecular complexity index is 1540. The number of nitrogens with zero attached hydrogens (tertiary/aromatic N) is 1. The van der Waals surface area contributed by atoms with E-state index in [1.54, 1.807) is 54.6 Å². The first-order valence-electron chi connectivity index (χ1n) is 11.3. The van der Waals surface area contributed by atoms with Crippen molar-refractivity contribution in [3.05, 3.63) is 134 Å². The van der Waals surface area contributed by atoms with Gasteiger partial charge in [-0.15, -0.1) is 0 Å². The maximum absolute atomic E-state index is 13.2. The van der Waals surface area contributed by atoms with Crippen LogP contribution < -0.4 is 4.90 Å². The highest BCUT2D eigenvalue weighted by atomic mass is 35.5. The Morgan fingerprint density at radius 2 is 1.24 bits per heavy atom. The maximum atomic E-state index is 13.2. The van der Waals surface area contributed by atoms with Crippen molar-refractivity contribution in [3.63, 3.8) is 0 Å². The van der Waals surface area contributed by atoms with E-state index in [9.17, 15) is 19.2 Å². The first-order valence-corrected chi connectivity index (χ1v) is 12.4. The highest BCUT2D eigenvalue weighted by Gasteiger charge is 2.37. The number of ketones is 1. The molecule has 5 rings (SSSR count). The highest BCUT2D eigenvalue weighted by Crippen LogP contribution is 2.34. The minimum Gasteiger partial charge on any atom is -0.445 e. The molecule has 0 aromatic heterocycles. The summed E-state index contributed by atoms with van der Waals surface area (Å²) in [6, 6.07) is 23.3. The Hall–Kier alpha value is -3.97. The van der Waals surface area contributed by atoms with Crippen molar-refractivity contribution in [2.45, 2.75) is 6.10 Å². The van der Waals surface area contributed by atoms with Gasteiger partial charge in [-0.25, -0.2) is 9.69 Å². The molecule has 0 spiro atoms. The number of imide groups is 1. The van der Waals surface area contributed by atoms with Gasteiger partial charge in [0, 0.05) is 16.1 Å². The van der Waals surface area contributed by atoms with Gasteiger partial charge in [0.15, 0.2) is 6.10 Å². The molecule has 188 valence electrons. The monoisotopic (exact) mass is 563 g/mol. The number of anilines is 1. The fraction of sp³-hybridized carbons (Fsp3) is 0.0345. The van der Waals surface area contributed by atoms with E-state index in [2.05, 4.69) is 0 Å². The lowest BCUT2D eigenvalue weighted by Crippen LogP contribution is -2.29. The molecule has 0 N–H and O–H groups in total. The van der Waals surface area contributed by atoms with E-state index >= 15 is 0 Å². The summed E-state index contributed by atoms with van der Waals surface area (Å²) < 4.78 is 5.65. The van der Waals surface area contributed by atoms with E-state index in [1.807, 2.05) is 0 Å². The molecular formula is C29H16Cl3NO5. The predicted molar refractivity (Wildman–Crippen MR) is 144 cm³/mol. The van der Waals surface area contributed by atoms with Crippen LogP contribution in [0.2, 0.25) is 15.1 Å². The summed E-state index contributed by atoms with van der Waals surface area (Å²) >= 11 is 18.0. The number of rotatable bonds is 6. The lowest BCUT2D eigenvalue weighted by atomic mass is 9.99. The summed E-state index contributed by atoms with van der Waals surface area (Å²) in [5.41, 5.74) is 1.47. The molecule has 0 bridgehead atoms.